The zero-order valence-corrected chi connectivity index (χ0v) is 15.2. The highest BCUT2D eigenvalue weighted by Crippen LogP contribution is 2.64. The van der Waals surface area contributed by atoms with Gasteiger partial charge in [-0.1, -0.05) is 6.07 Å². The van der Waals surface area contributed by atoms with Gasteiger partial charge in [0.2, 0.25) is 5.91 Å². The predicted molar refractivity (Wildman–Crippen MR) is 95.9 cm³/mol. The molecule has 0 aliphatic heterocycles. The molecule has 2 heterocycles. The van der Waals surface area contributed by atoms with Crippen molar-refractivity contribution in [2.75, 3.05) is 0 Å². The Hall–Kier alpha value is -2.24. The monoisotopic (exact) mass is 351 g/mol. The van der Waals surface area contributed by atoms with Crippen LogP contribution in [0.15, 0.2) is 30.9 Å². The summed E-state index contributed by atoms with van der Waals surface area (Å²) in [6.45, 7) is 2.49. The van der Waals surface area contributed by atoms with Gasteiger partial charge in [0, 0.05) is 5.69 Å². The summed E-state index contributed by atoms with van der Waals surface area (Å²) in [7, 11) is 0. The molecule has 4 aliphatic carbocycles. The molecular weight excluding hydrogens is 326 g/mol. The summed E-state index contributed by atoms with van der Waals surface area (Å²) < 4.78 is 2.05. The van der Waals surface area contributed by atoms with E-state index in [1.165, 1.54) is 6.42 Å². The van der Waals surface area contributed by atoms with Crippen LogP contribution in [-0.4, -0.2) is 25.7 Å². The highest BCUT2D eigenvalue weighted by Gasteiger charge is 2.61. The maximum absolute atomic E-state index is 13.3. The smallest absolute Gasteiger partial charge is 0.226 e. The second-order valence-corrected chi connectivity index (χ2v) is 8.76. The van der Waals surface area contributed by atoms with Crippen molar-refractivity contribution in [1.29, 1.82) is 0 Å². The summed E-state index contributed by atoms with van der Waals surface area (Å²) in [6.07, 6.45) is 9.95. The van der Waals surface area contributed by atoms with Gasteiger partial charge in [-0.3, -0.25) is 9.78 Å². The Morgan fingerprint density at radius 1 is 1.27 bits per heavy atom. The van der Waals surface area contributed by atoms with Gasteiger partial charge in [0.15, 0.2) is 0 Å². The highest BCUT2D eigenvalue weighted by atomic mass is 16.2. The Bertz CT molecular complexity index is 816. The summed E-state index contributed by atoms with van der Waals surface area (Å²) >= 11 is 0. The number of amides is 1. The van der Waals surface area contributed by atoms with Crippen molar-refractivity contribution in [2.24, 2.45) is 17.3 Å². The standard InChI is InChI=1S/C20H25N5O/c1-14-3-2-4-17(24-14)10-22-18(26)19-6-15-5-16(7-19)9-20(8-15,11-19)25-13-21-12-23-25/h2-4,12-13,15-16H,5-11H2,1H3,(H,22,26)/t15-,16-,19?,20?/m0/s1. The van der Waals surface area contributed by atoms with Crippen LogP contribution < -0.4 is 5.32 Å². The molecule has 4 aliphatic rings. The Labute approximate surface area is 153 Å². The van der Waals surface area contributed by atoms with E-state index in [2.05, 4.69) is 25.1 Å². The number of carbonyl (C=O) groups is 1. The molecule has 4 fully saturated rings. The molecule has 0 aromatic carbocycles. The lowest BCUT2D eigenvalue weighted by molar-refractivity contribution is -0.156. The average molecular weight is 351 g/mol. The lowest BCUT2D eigenvalue weighted by Crippen LogP contribution is -2.61. The number of aromatic nitrogens is 4. The Kier molecular flexibility index (Phi) is 3.46. The third-order valence-corrected chi connectivity index (χ3v) is 6.79. The molecule has 2 aromatic heterocycles. The minimum atomic E-state index is -0.250. The van der Waals surface area contributed by atoms with Crippen LogP contribution in [0, 0.1) is 24.2 Å². The van der Waals surface area contributed by atoms with E-state index in [4.69, 9.17) is 0 Å². The van der Waals surface area contributed by atoms with Crippen LogP contribution in [0.1, 0.15) is 49.9 Å². The van der Waals surface area contributed by atoms with Crippen molar-refractivity contribution in [3.63, 3.8) is 0 Å². The largest absolute Gasteiger partial charge is 0.350 e. The van der Waals surface area contributed by atoms with Gasteiger partial charge < -0.3 is 5.32 Å². The molecule has 1 amide bonds. The lowest BCUT2D eigenvalue weighted by Gasteiger charge is -2.60. The summed E-state index contributed by atoms with van der Waals surface area (Å²) in [5, 5.41) is 7.66. The SMILES string of the molecule is Cc1cccc(CNC(=O)C23C[C@@H]4C[C@@H](C2)CC(n2cncn2)(C4)C3)n1. The van der Waals surface area contributed by atoms with Crippen LogP contribution in [0.3, 0.4) is 0 Å². The molecule has 2 atom stereocenters. The summed E-state index contributed by atoms with van der Waals surface area (Å²) in [6, 6.07) is 5.95. The minimum Gasteiger partial charge on any atom is -0.350 e. The van der Waals surface area contributed by atoms with Crippen LogP contribution in [-0.2, 0) is 16.9 Å². The second-order valence-electron chi connectivity index (χ2n) is 8.76. The van der Waals surface area contributed by atoms with Gasteiger partial charge in [-0.25, -0.2) is 9.67 Å². The molecular formula is C20H25N5O. The fourth-order valence-corrected chi connectivity index (χ4v) is 6.26. The molecule has 26 heavy (non-hydrogen) atoms. The molecule has 0 saturated heterocycles. The van der Waals surface area contributed by atoms with Crippen LogP contribution in [0.5, 0.6) is 0 Å². The van der Waals surface area contributed by atoms with E-state index in [0.717, 1.165) is 43.5 Å². The van der Waals surface area contributed by atoms with Crippen LogP contribution in [0.4, 0.5) is 0 Å². The van der Waals surface area contributed by atoms with Gasteiger partial charge in [-0.15, -0.1) is 0 Å². The third kappa shape index (κ3) is 2.46. The first-order chi connectivity index (χ1) is 12.6. The number of nitrogens with zero attached hydrogens (tertiary/aromatic N) is 4. The van der Waals surface area contributed by atoms with E-state index in [1.54, 1.807) is 6.33 Å². The third-order valence-electron chi connectivity index (χ3n) is 6.79. The quantitative estimate of drug-likeness (QED) is 0.919. The molecule has 4 bridgehead atoms. The van der Waals surface area contributed by atoms with Crippen molar-refractivity contribution in [3.8, 4) is 0 Å². The van der Waals surface area contributed by atoms with E-state index in [1.807, 2.05) is 31.5 Å². The summed E-state index contributed by atoms with van der Waals surface area (Å²) in [5.41, 5.74) is 1.64. The zero-order chi connectivity index (χ0) is 17.8. The number of aryl methyl sites for hydroxylation is 1. The summed E-state index contributed by atoms with van der Waals surface area (Å²) in [5.74, 6) is 1.46. The first-order valence-corrected chi connectivity index (χ1v) is 9.63. The van der Waals surface area contributed by atoms with E-state index in [0.29, 0.717) is 18.4 Å². The molecule has 136 valence electrons. The molecule has 4 saturated carbocycles. The molecule has 2 aromatic rings. The Morgan fingerprint density at radius 3 is 2.77 bits per heavy atom. The first-order valence-electron chi connectivity index (χ1n) is 9.63. The first kappa shape index (κ1) is 16.0. The van der Waals surface area contributed by atoms with E-state index < -0.39 is 0 Å². The van der Waals surface area contributed by atoms with Crippen molar-refractivity contribution in [1.82, 2.24) is 25.1 Å². The number of hydrogen-bond acceptors (Lipinski definition) is 4. The second kappa shape index (κ2) is 5.63. The van der Waals surface area contributed by atoms with Crippen molar-refractivity contribution in [2.45, 2.75) is 57.5 Å². The average Bonchev–Trinajstić information content (AvgIpc) is 3.14. The fourth-order valence-electron chi connectivity index (χ4n) is 6.26. The Morgan fingerprint density at radius 2 is 2.08 bits per heavy atom. The minimum absolute atomic E-state index is 0.0144. The topological polar surface area (TPSA) is 72.7 Å². The molecule has 0 radical (unpaired) electrons. The molecule has 0 unspecified atom stereocenters. The Balaban J connectivity index is 1.39. The van der Waals surface area contributed by atoms with Gasteiger partial charge in [0.1, 0.15) is 12.7 Å². The number of carbonyl (C=O) groups excluding carboxylic acids is 1. The van der Waals surface area contributed by atoms with Gasteiger partial charge in [-0.05, 0) is 69.4 Å². The van der Waals surface area contributed by atoms with Gasteiger partial charge >= 0.3 is 0 Å². The highest BCUT2D eigenvalue weighted by molar-refractivity contribution is 5.83. The van der Waals surface area contributed by atoms with Crippen LogP contribution in [0.25, 0.3) is 0 Å². The normalized spacial score (nSPS) is 34.8. The summed E-state index contributed by atoms with van der Waals surface area (Å²) in [4.78, 5) is 22.0. The van der Waals surface area contributed by atoms with Gasteiger partial charge in [-0.2, -0.15) is 5.10 Å². The van der Waals surface area contributed by atoms with E-state index in [9.17, 15) is 4.79 Å². The van der Waals surface area contributed by atoms with E-state index in [-0.39, 0.29) is 16.9 Å². The predicted octanol–water partition coefficient (Wildman–Crippen LogP) is 2.59. The molecule has 6 nitrogen and oxygen atoms in total. The number of pyridine rings is 1. The van der Waals surface area contributed by atoms with Crippen molar-refractivity contribution >= 4 is 5.91 Å². The number of rotatable bonds is 4. The molecule has 6 rings (SSSR count). The molecule has 0 spiro atoms. The number of hydrogen-bond donors (Lipinski definition) is 1. The maximum Gasteiger partial charge on any atom is 0.226 e. The van der Waals surface area contributed by atoms with Crippen molar-refractivity contribution < 1.29 is 4.79 Å². The van der Waals surface area contributed by atoms with Crippen molar-refractivity contribution in [3.05, 3.63) is 42.2 Å². The lowest BCUT2D eigenvalue weighted by atomic mass is 9.46. The number of nitrogens with one attached hydrogen (secondary N) is 1. The molecule has 1 N–H and O–H groups in total. The van der Waals surface area contributed by atoms with Gasteiger partial charge in [0.05, 0.1) is 23.2 Å². The van der Waals surface area contributed by atoms with E-state index >= 15 is 0 Å². The van der Waals surface area contributed by atoms with Crippen LogP contribution >= 0.6 is 0 Å². The molecule has 6 heteroatoms. The zero-order valence-electron chi connectivity index (χ0n) is 15.2. The fraction of sp³-hybridized carbons (Fsp3) is 0.600. The maximum atomic E-state index is 13.3. The van der Waals surface area contributed by atoms with Gasteiger partial charge in [0.25, 0.3) is 0 Å². The van der Waals surface area contributed by atoms with Crippen LogP contribution in [0.2, 0.25) is 0 Å².